The van der Waals surface area contributed by atoms with Crippen LogP contribution in [-0.4, -0.2) is 43.8 Å². The van der Waals surface area contributed by atoms with E-state index in [1.807, 2.05) is 33.8 Å². The second-order valence-corrected chi connectivity index (χ2v) is 8.13. The lowest BCUT2D eigenvalue weighted by molar-refractivity contribution is -0.163. The Morgan fingerprint density at radius 3 is 2.38 bits per heavy atom. The summed E-state index contributed by atoms with van der Waals surface area (Å²) in [5, 5.41) is 0. The summed E-state index contributed by atoms with van der Waals surface area (Å²) >= 11 is 0. The first-order valence-electron chi connectivity index (χ1n) is 11.4. The van der Waals surface area contributed by atoms with Crippen molar-refractivity contribution in [2.75, 3.05) is 13.2 Å². The molecule has 29 heavy (non-hydrogen) atoms. The molecular weight excluding hydrogens is 368 g/mol. The number of hydrogen-bond donors (Lipinski definition) is 0. The van der Waals surface area contributed by atoms with Crippen LogP contribution in [0.2, 0.25) is 0 Å². The van der Waals surface area contributed by atoms with Gasteiger partial charge in [0.25, 0.3) is 0 Å². The molecule has 0 aliphatic heterocycles. The van der Waals surface area contributed by atoms with E-state index >= 15 is 0 Å². The maximum atomic E-state index is 12.6. The lowest BCUT2D eigenvalue weighted by Gasteiger charge is -2.27. The summed E-state index contributed by atoms with van der Waals surface area (Å²) in [6.45, 7) is 12.8. The maximum absolute atomic E-state index is 12.6. The summed E-state index contributed by atoms with van der Waals surface area (Å²) in [4.78, 5) is 12.6. The highest BCUT2D eigenvalue weighted by Crippen LogP contribution is 2.37. The van der Waals surface area contributed by atoms with Crippen LogP contribution in [0.25, 0.3) is 0 Å². The molecule has 0 aromatic rings. The summed E-state index contributed by atoms with van der Waals surface area (Å²) < 4.78 is 23.5. The zero-order valence-electron chi connectivity index (χ0n) is 18.7. The highest BCUT2D eigenvalue weighted by atomic mass is 16.7. The number of carbonyl (C=O) groups excluding carboxylic acids is 1. The second-order valence-electron chi connectivity index (χ2n) is 8.13. The van der Waals surface area contributed by atoms with Crippen LogP contribution in [0.5, 0.6) is 0 Å². The van der Waals surface area contributed by atoms with Gasteiger partial charge in [0.2, 0.25) is 0 Å². The second kappa shape index (κ2) is 12.6. The van der Waals surface area contributed by atoms with E-state index < -0.39 is 0 Å². The van der Waals surface area contributed by atoms with Crippen LogP contribution in [0.1, 0.15) is 66.2 Å². The van der Waals surface area contributed by atoms with Crippen LogP contribution in [-0.2, 0) is 23.7 Å². The van der Waals surface area contributed by atoms with E-state index in [-0.39, 0.29) is 42.4 Å². The molecule has 0 radical (unpaired) electrons. The average molecular weight is 409 g/mol. The van der Waals surface area contributed by atoms with E-state index in [9.17, 15) is 4.79 Å². The van der Waals surface area contributed by atoms with Gasteiger partial charge in [0, 0.05) is 31.5 Å². The first kappa shape index (κ1) is 24.3. The molecule has 6 atom stereocenters. The molecule has 0 aromatic heterocycles. The Labute approximate surface area is 176 Å². The number of carbonyl (C=O) groups is 1. The molecule has 0 N–H and O–H groups in total. The smallest absolute Gasteiger partial charge is 0.155 e. The molecule has 0 saturated heterocycles. The van der Waals surface area contributed by atoms with Gasteiger partial charge in [-0.15, -0.1) is 6.58 Å². The van der Waals surface area contributed by atoms with Gasteiger partial charge >= 0.3 is 0 Å². The maximum Gasteiger partial charge on any atom is 0.155 e. The molecule has 2 aliphatic rings. The van der Waals surface area contributed by atoms with Crippen LogP contribution in [0, 0.1) is 17.8 Å². The molecule has 2 saturated carbocycles. The lowest BCUT2D eigenvalue weighted by Crippen LogP contribution is -2.29. The quantitative estimate of drug-likeness (QED) is 0.315. The lowest BCUT2D eigenvalue weighted by atomic mass is 9.89. The summed E-state index contributed by atoms with van der Waals surface area (Å²) in [5.74, 6) is 0.675. The van der Waals surface area contributed by atoms with Gasteiger partial charge in [0.05, 0.1) is 12.2 Å². The largest absolute Gasteiger partial charge is 0.353 e. The predicted molar refractivity (Wildman–Crippen MR) is 114 cm³/mol. The Bertz CT molecular complexity index is 525. The summed E-state index contributed by atoms with van der Waals surface area (Å²) in [5.41, 5.74) is 0. The minimum absolute atomic E-state index is 0.00379. The highest BCUT2D eigenvalue weighted by molar-refractivity contribution is 5.84. The van der Waals surface area contributed by atoms with Crippen LogP contribution >= 0.6 is 0 Å². The van der Waals surface area contributed by atoms with Gasteiger partial charge in [-0.25, -0.2) is 0 Å². The van der Waals surface area contributed by atoms with Crippen LogP contribution in [0.15, 0.2) is 24.8 Å². The molecule has 2 rings (SSSR count). The third kappa shape index (κ3) is 7.32. The molecule has 2 aliphatic carbocycles. The standard InChI is InChI=1S/C24H40O5/c1-6-11-20-21(24(16-22(20)25)29-18(5)27-8-3)14-15-23(19-12-9-10-13-19)28-17(4)26-7-2/h6,14-15,17-21,23-24H,1,7-13,16H2,2-5H3/t17?,18?,20-,21-,23-,24-/m1/s1. The van der Waals surface area contributed by atoms with Crippen molar-refractivity contribution in [2.45, 2.75) is 91.0 Å². The number of allylic oxidation sites excluding steroid dienone is 1. The molecule has 0 amide bonds. The van der Waals surface area contributed by atoms with Crippen molar-refractivity contribution in [1.29, 1.82) is 0 Å². The van der Waals surface area contributed by atoms with Crippen molar-refractivity contribution in [1.82, 2.24) is 0 Å². The zero-order chi connectivity index (χ0) is 21.2. The molecule has 2 unspecified atom stereocenters. The molecule has 0 heterocycles. The zero-order valence-corrected chi connectivity index (χ0v) is 18.7. The van der Waals surface area contributed by atoms with Crippen molar-refractivity contribution in [3.63, 3.8) is 0 Å². The van der Waals surface area contributed by atoms with Crippen molar-refractivity contribution in [3.05, 3.63) is 24.8 Å². The van der Waals surface area contributed by atoms with Crippen molar-refractivity contribution in [3.8, 4) is 0 Å². The Morgan fingerprint density at radius 2 is 1.76 bits per heavy atom. The third-order valence-corrected chi connectivity index (χ3v) is 6.04. The molecule has 0 spiro atoms. The third-order valence-electron chi connectivity index (χ3n) is 6.04. The molecule has 5 heteroatoms. The van der Waals surface area contributed by atoms with E-state index in [4.69, 9.17) is 18.9 Å². The Hall–Kier alpha value is -1.01. The number of Topliss-reactive ketones (excluding diaryl/α,β-unsaturated/α-hetero) is 1. The molecule has 2 fully saturated rings. The van der Waals surface area contributed by atoms with Gasteiger partial charge < -0.3 is 18.9 Å². The average Bonchev–Trinajstić information content (AvgIpc) is 3.29. The van der Waals surface area contributed by atoms with Gasteiger partial charge in [-0.1, -0.05) is 31.1 Å². The van der Waals surface area contributed by atoms with Crippen LogP contribution in [0.3, 0.4) is 0 Å². The molecule has 5 nitrogen and oxygen atoms in total. The fraction of sp³-hybridized carbons (Fsp3) is 0.792. The Morgan fingerprint density at radius 1 is 1.10 bits per heavy atom. The van der Waals surface area contributed by atoms with Gasteiger partial charge in [-0.3, -0.25) is 4.79 Å². The molecule has 0 aromatic carbocycles. The highest BCUT2D eigenvalue weighted by Gasteiger charge is 2.42. The van der Waals surface area contributed by atoms with E-state index in [1.54, 1.807) is 0 Å². The van der Waals surface area contributed by atoms with E-state index in [1.165, 1.54) is 25.7 Å². The Kier molecular flexibility index (Phi) is 10.6. The monoisotopic (exact) mass is 408 g/mol. The SMILES string of the molecule is C=CC[C@H]1C(=O)C[C@@H](OC(C)OCC)[C@@H]1C=C[C@@H](OC(C)OCC)C1CCCC1. The molecular formula is C24H40O5. The number of hydrogen-bond acceptors (Lipinski definition) is 5. The minimum atomic E-state index is -0.323. The van der Waals surface area contributed by atoms with Crippen LogP contribution in [0.4, 0.5) is 0 Å². The number of rotatable bonds is 13. The normalized spacial score (nSPS) is 28.8. The van der Waals surface area contributed by atoms with E-state index in [0.29, 0.717) is 32.0 Å². The number of ether oxygens (including phenoxy) is 4. The summed E-state index contributed by atoms with van der Waals surface area (Å²) in [7, 11) is 0. The van der Waals surface area contributed by atoms with Gasteiger partial charge in [-0.05, 0) is 52.9 Å². The van der Waals surface area contributed by atoms with Gasteiger partial charge in [-0.2, -0.15) is 0 Å². The number of ketones is 1. The fourth-order valence-electron chi connectivity index (χ4n) is 4.68. The molecule has 0 bridgehead atoms. The fourth-order valence-corrected chi connectivity index (χ4v) is 4.68. The van der Waals surface area contributed by atoms with Crippen molar-refractivity contribution >= 4 is 5.78 Å². The minimum Gasteiger partial charge on any atom is -0.353 e. The summed E-state index contributed by atoms with van der Waals surface area (Å²) in [6.07, 6.45) is 11.4. The van der Waals surface area contributed by atoms with Crippen molar-refractivity contribution < 1.29 is 23.7 Å². The van der Waals surface area contributed by atoms with E-state index in [0.717, 1.165) is 0 Å². The molecule has 166 valence electrons. The first-order chi connectivity index (χ1) is 14.0. The first-order valence-corrected chi connectivity index (χ1v) is 11.4. The predicted octanol–water partition coefficient (Wildman–Crippen LogP) is 5.05. The van der Waals surface area contributed by atoms with Gasteiger partial charge in [0.1, 0.15) is 5.78 Å². The van der Waals surface area contributed by atoms with Crippen molar-refractivity contribution in [2.24, 2.45) is 17.8 Å². The Balaban J connectivity index is 2.15. The van der Waals surface area contributed by atoms with E-state index in [2.05, 4.69) is 18.7 Å². The van der Waals surface area contributed by atoms with Gasteiger partial charge in [0.15, 0.2) is 12.6 Å². The summed E-state index contributed by atoms with van der Waals surface area (Å²) in [6, 6.07) is 0. The van der Waals surface area contributed by atoms with Crippen LogP contribution < -0.4 is 0 Å². The topological polar surface area (TPSA) is 54.0 Å².